The Balaban J connectivity index is 2.22. The Labute approximate surface area is 208 Å². The van der Waals surface area contributed by atoms with E-state index in [0.717, 1.165) is 11.8 Å². The molecule has 0 unspecified atom stereocenters. The van der Waals surface area contributed by atoms with Gasteiger partial charge in [-0.15, -0.1) is 0 Å². The lowest BCUT2D eigenvalue weighted by molar-refractivity contribution is -0.141. The third kappa shape index (κ3) is 8.35. The van der Waals surface area contributed by atoms with Gasteiger partial charge in [0.2, 0.25) is 21.8 Å². The molecule has 0 saturated heterocycles. The van der Waals surface area contributed by atoms with E-state index in [2.05, 4.69) is 5.32 Å². The Bertz CT molecular complexity index is 1100. The predicted molar refractivity (Wildman–Crippen MR) is 137 cm³/mol. The molecule has 0 aliphatic carbocycles. The molecule has 0 spiro atoms. The number of hydrogen-bond acceptors (Lipinski definition) is 4. The van der Waals surface area contributed by atoms with Crippen LogP contribution in [-0.2, 0) is 26.2 Å². The minimum Gasteiger partial charge on any atom is -0.352 e. The van der Waals surface area contributed by atoms with Gasteiger partial charge < -0.3 is 10.2 Å². The summed E-state index contributed by atoms with van der Waals surface area (Å²) in [5.74, 6) is -0.901. The molecule has 2 aromatic rings. The monoisotopic (exact) mass is 505 g/mol. The van der Waals surface area contributed by atoms with E-state index in [4.69, 9.17) is 0 Å². The van der Waals surface area contributed by atoms with E-state index in [-0.39, 0.29) is 49.6 Å². The van der Waals surface area contributed by atoms with Crippen LogP contribution in [0.15, 0.2) is 48.5 Å². The smallest absolute Gasteiger partial charge is 0.243 e. The van der Waals surface area contributed by atoms with Crippen LogP contribution in [-0.4, -0.2) is 50.0 Å². The summed E-state index contributed by atoms with van der Waals surface area (Å²) in [4.78, 5) is 27.7. The molecule has 2 aromatic carbocycles. The predicted octanol–water partition coefficient (Wildman–Crippen LogP) is 4.01. The SMILES string of the molecule is CC[C@@H](C(=O)NC(C)C)N(Cc1ccc(F)cc1)C(=O)CCCN(c1ccccc1C)S(C)(=O)=O. The zero-order valence-corrected chi connectivity index (χ0v) is 21.9. The number of sulfonamides is 1. The highest BCUT2D eigenvalue weighted by Gasteiger charge is 2.29. The van der Waals surface area contributed by atoms with Crippen molar-refractivity contribution in [2.45, 2.75) is 65.6 Å². The van der Waals surface area contributed by atoms with Crippen LogP contribution >= 0.6 is 0 Å². The Kier molecular flexibility index (Phi) is 10.2. The molecule has 2 rings (SSSR count). The summed E-state index contributed by atoms with van der Waals surface area (Å²) in [5.41, 5.74) is 2.10. The fourth-order valence-corrected chi connectivity index (χ4v) is 4.94. The van der Waals surface area contributed by atoms with Crippen LogP contribution in [0.4, 0.5) is 10.1 Å². The number of benzene rings is 2. The first-order valence-corrected chi connectivity index (χ1v) is 13.7. The normalized spacial score (nSPS) is 12.3. The lowest BCUT2D eigenvalue weighted by Crippen LogP contribution is -2.50. The van der Waals surface area contributed by atoms with Crippen molar-refractivity contribution < 1.29 is 22.4 Å². The van der Waals surface area contributed by atoms with Gasteiger partial charge in [-0.1, -0.05) is 37.3 Å². The number of nitrogens with zero attached hydrogens (tertiary/aromatic N) is 2. The van der Waals surface area contributed by atoms with Gasteiger partial charge in [-0.25, -0.2) is 12.8 Å². The highest BCUT2D eigenvalue weighted by atomic mass is 32.2. The highest BCUT2D eigenvalue weighted by Crippen LogP contribution is 2.23. The Morgan fingerprint density at radius 2 is 1.69 bits per heavy atom. The van der Waals surface area contributed by atoms with Gasteiger partial charge in [0.05, 0.1) is 11.9 Å². The molecule has 35 heavy (non-hydrogen) atoms. The van der Waals surface area contributed by atoms with E-state index in [0.29, 0.717) is 17.7 Å². The zero-order chi connectivity index (χ0) is 26.2. The molecule has 0 aliphatic rings. The lowest BCUT2D eigenvalue weighted by Gasteiger charge is -2.31. The first-order chi connectivity index (χ1) is 16.4. The molecular weight excluding hydrogens is 469 g/mol. The maximum Gasteiger partial charge on any atom is 0.243 e. The first kappa shape index (κ1) is 28.3. The Morgan fingerprint density at radius 3 is 2.23 bits per heavy atom. The van der Waals surface area contributed by atoms with E-state index >= 15 is 0 Å². The summed E-state index contributed by atoms with van der Waals surface area (Å²) < 4.78 is 39.6. The van der Waals surface area contributed by atoms with Crippen molar-refractivity contribution in [1.29, 1.82) is 0 Å². The number of amides is 2. The minimum atomic E-state index is -3.55. The Hall–Kier alpha value is -2.94. The second-order valence-electron chi connectivity index (χ2n) is 8.96. The fourth-order valence-electron chi connectivity index (χ4n) is 3.91. The summed E-state index contributed by atoms with van der Waals surface area (Å²) in [6, 6.07) is 12.2. The van der Waals surface area contributed by atoms with Gasteiger partial charge in [-0.05, 0) is 62.9 Å². The number of rotatable bonds is 12. The third-order valence-corrected chi connectivity index (χ3v) is 6.80. The van der Waals surface area contributed by atoms with Crippen molar-refractivity contribution in [3.05, 3.63) is 65.5 Å². The van der Waals surface area contributed by atoms with Crippen LogP contribution in [0.1, 0.15) is 51.2 Å². The van der Waals surface area contributed by atoms with Crippen molar-refractivity contribution in [2.75, 3.05) is 17.1 Å². The summed E-state index contributed by atoms with van der Waals surface area (Å²) in [7, 11) is -3.55. The van der Waals surface area contributed by atoms with E-state index in [1.54, 1.807) is 24.3 Å². The van der Waals surface area contributed by atoms with Crippen molar-refractivity contribution in [1.82, 2.24) is 10.2 Å². The zero-order valence-electron chi connectivity index (χ0n) is 21.1. The lowest BCUT2D eigenvalue weighted by atomic mass is 10.1. The molecule has 0 saturated carbocycles. The van der Waals surface area contributed by atoms with Gasteiger partial charge in [-0.3, -0.25) is 13.9 Å². The average Bonchev–Trinajstić information content (AvgIpc) is 2.77. The third-order valence-electron chi connectivity index (χ3n) is 5.62. The van der Waals surface area contributed by atoms with Crippen LogP contribution < -0.4 is 9.62 Å². The number of para-hydroxylation sites is 1. The van der Waals surface area contributed by atoms with Crippen LogP contribution in [0.5, 0.6) is 0 Å². The summed E-state index contributed by atoms with van der Waals surface area (Å²) >= 11 is 0. The summed E-state index contributed by atoms with van der Waals surface area (Å²) in [5, 5.41) is 2.87. The van der Waals surface area contributed by atoms with Gasteiger partial charge in [-0.2, -0.15) is 0 Å². The maximum absolute atomic E-state index is 13.4. The van der Waals surface area contributed by atoms with E-state index < -0.39 is 16.1 Å². The number of carbonyl (C=O) groups excluding carboxylic acids is 2. The molecule has 9 heteroatoms. The van der Waals surface area contributed by atoms with Crippen LogP contribution in [0.3, 0.4) is 0 Å². The molecule has 0 heterocycles. The number of hydrogen-bond donors (Lipinski definition) is 1. The second kappa shape index (κ2) is 12.7. The molecule has 2 amide bonds. The van der Waals surface area contributed by atoms with Crippen molar-refractivity contribution in [3.8, 4) is 0 Å². The number of halogens is 1. The van der Waals surface area contributed by atoms with E-state index in [9.17, 15) is 22.4 Å². The summed E-state index contributed by atoms with van der Waals surface area (Å²) in [6.45, 7) is 7.65. The van der Waals surface area contributed by atoms with Gasteiger partial charge >= 0.3 is 0 Å². The number of carbonyl (C=O) groups is 2. The first-order valence-electron chi connectivity index (χ1n) is 11.8. The topological polar surface area (TPSA) is 86.8 Å². The van der Waals surface area contributed by atoms with Crippen LogP contribution in [0.25, 0.3) is 0 Å². The van der Waals surface area contributed by atoms with Crippen LogP contribution in [0, 0.1) is 12.7 Å². The molecule has 0 aliphatic heterocycles. The van der Waals surface area contributed by atoms with Crippen molar-refractivity contribution >= 4 is 27.5 Å². The van der Waals surface area contributed by atoms with Gasteiger partial charge in [0.1, 0.15) is 11.9 Å². The molecule has 1 atom stereocenters. The van der Waals surface area contributed by atoms with Crippen molar-refractivity contribution in [2.24, 2.45) is 0 Å². The molecule has 0 bridgehead atoms. The molecule has 0 fully saturated rings. The van der Waals surface area contributed by atoms with Gasteiger partial charge in [0, 0.05) is 25.6 Å². The largest absolute Gasteiger partial charge is 0.352 e. The minimum absolute atomic E-state index is 0.0601. The summed E-state index contributed by atoms with van der Waals surface area (Å²) in [6.07, 6.45) is 1.89. The molecule has 192 valence electrons. The van der Waals surface area contributed by atoms with Gasteiger partial charge in [0.25, 0.3) is 0 Å². The Morgan fingerprint density at radius 1 is 1.06 bits per heavy atom. The maximum atomic E-state index is 13.4. The van der Waals surface area contributed by atoms with Gasteiger partial charge in [0.15, 0.2) is 0 Å². The van der Waals surface area contributed by atoms with E-state index in [1.807, 2.05) is 39.8 Å². The average molecular weight is 506 g/mol. The molecule has 0 radical (unpaired) electrons. The number of aryl methyl sites for hydroxylation is 1. The number of anilines is 1. The van der Waals surface area contributed by atoms with E-state index in [1.165, 1.54) is 21.3 Å². The molecule has 1 N–H and O–H groups in total. The van der Waals surface area contributed by atoms with Crippen molar-refractivity contribution in [3.63, 3.8) is 0 Å². The quantitative estimate of drug-likeness (QED) is 0.472. The standard InChI is InChI=1S/C26H36FN3O4S/c1-6-23(26(32)28-19(2)3)29(18-21-13-15-22(27)16-14-21)25(31)12-9-17-30(35(5,33)34)24-11-8-7-10-20(24)4/h7-8,10-11,13-16,19,23H,6,9,12,17-18H2,1-5H3,(H,28,32)/t23-/m0/s1. The number of nitrogens with one attached hydrogen (secondary N) is 1. The molecule has 0 aromatic heterocycles. The molecule has 7 nitrogen and oxygen atoms in total. The highest BCUT2D eigenvalue weighted by molar-refractivity contribution is 7.92. The second-order valence-corrected chi connectivity index (χ2v) is 10.9. The van der Waals surface area contributed by atoms with Crippen LogP contribution in [0.2, 0.25) is 0 Å². The fraction of sp³-hybridized carbons (Fsp3) is 0.462. The molecular formula is C26H36FN3O4S.